The molecule has 6 N–H and O–H groups in total. The van der Waals surface area contributed by atoms with Crippen molar-refractivity contribution in [1.29, 1.82) is 0 Å². The average Bonchev–Trinajstić information content (AvgIpc) is 2.43. The first kappa shape index (κ1) is 18.8. The Balaban J connectivity index is 2.88. The van der Waals surface area contributed by atoms with E-state index in [1.54, 1.807) is 0 Å². The van der Waals surface area contributed by atoms with Crippen molar-refractivity contribution < 1.29 is 0 Å². The van der Waals surface area contributed by atoms with Gasteiger partial charge in [0, 0.05) is 0 Å². The molecule has 0 amide bonds. The molecule has 0 spiro atoms. The summed E-state index contributed by atoms with van der Waals surface area (Å²) in [6.45, 7) is 8.57. The van der Waals surface area contributed by atoms with Crippen molar-refractivity contribution in [3.8, 4) is 0 Å². The van der Waals surface area contributed by atoms with Gasteiger partial charge in [0.15, 0.2) is 0 Å². The van der Waals surface area contributed by atoms with Gasteiger partial charge in [0.05, 0.1) is 0 Å². The van der Waals surface area contributed by atoms with Crippen LogP contribution in [0.5, 0.6) is 0 Å². The fourth-order valence-corrected chi connectivity index (χ4v) is 1.83. The van der Waals surface area contributed by atoms with Crippen LogP contribution in [0.2, 0.25) is 0 Å². The Labute approximate surface area is 119 Å². The number of nitrogens with one attached hydrogen (secondary N) is 4. The summed E-state index contributed by atoms with van der Waals surface area (Å²) in [5.74, 6) is 0. The topological polar surface area (TPSA) is 74.1 Å². The average molecular weight is 273 g/mol. The predicted octanol–water partition coefficient (Wildman–Crippen LogP) is -0.116. The largest absolute Gasteiger partial charge is 0.330 e. The Bertz CT molecular complexity index is 139. The van der Waals surface area contributed by atoms with E-state index in [1.165, 1.54) is 25.7 Å². The zero-order valence-corrected chi connectivity index (χ0v) is 12.8. The molecule has 0 aliphatic rings. The maximum Gasteiger partial charge on any atom is -0.00368 e. The van der Waals surface area contributed by atoms with Crippen LogP contribution in [0.15, 0.2) is 0 Å². The van der Waals surface area contributed by atoms with Crippen LogP contribution >= 0.6 is 0 Å². The second kappa shape index (κ2) is 17.8. The number of unbranched alkanes of at least 4 members (excludes halogenated alkanes) is 1. The second-order valence-corrected chi connectivity index (χ2v) is 4.91. The molecule has 0 saturated carbocycles. The molecule has 0 atom stereocenters. The van der Waals surface area contributed by atoms with E-state index in [0.717, 1.165) is 58.8 Å². The highest BCUT2D eigenvalue weighted by Crippen LogP contribution is 1.85. The number of nitrogens with two attached hydrogens (primary N) is 1. The molecule has 116 valence electrons. The maximum atomic E-state index is 5.42. The minimum absolute atomic E-state index is 0.789. The Hall–Kier alpha value is -0.200. The van der Waals surface area contributed by atoms with Gasteiger partial charge in [-0.05, 0) is 91.5 Å². The molecule has 5 nitrogen and oxygen atoms in total. The maximum absolute atomic E-state index is 5.42. The first-order valence-corrected chi connectivity index (χ1v) is 7.88. The molecule has 0 aliphatic carbocycles. The van der Waals surface area contributed by atoms with Gasteiger partial charge in [-0.25, -0.2) is 0 Å². The van der Waals surface area contributed by atoms with E-state index in [4.69, 9.17) is 5.73 Å². The van der Waals surface area contributed by atoms with E-state index >= 15 is 0 Å². The molecular formula is C14H35N5. The SMILES string of the molecule is CNCCCNCCCNCCCCNCCCN. The van der Waals surface area contributed by atoms with Crippen molar-refractivity contribution in [3.63, 3.8) is 0 Å². The molecule has 0 bridgehead atoms. The smallest absolute Gasteiger partial charge is 0.00368 e. The molecule has 0 aliphatic heterocycles. The van der Waals surface area contributed by atoms with Gasteiger partial charge in [0.2, 0.25) is 0 Å². The molecule has 0 unspecified atom stereocenters. The lowest BCUT2D eigenvalue weighted by Crippen LogP contribution is -2.25. The third-order valence-corrected chi connectivity index (χ3v) is 3.00. The van der Waals surface area contributed by atoms with Gasteiger partial charge in [0.1, 0.15) is 0 Å². The van der Waals surface area contributed by atoms with Crippen LogP contribution in [-0.4, -0.2) is 59.4 Å². The van der Waals surface area contributed by atoms with Crippen LogP contribution < -0.4 is 27.0 Å². The Morgan fingerprint density at radius 3 is 1.47 bits per heavy atom. The minimum Gasteiger partial charge on any atom is -0.330 e. The van der Waals surface area contributed by atoms with Crippen LogP contribution in [0, 0.1) is 0 Å². The standard InChI is InChI=1S/C14H35N5/c1-16-8-5-12-19-14-6-13-18-10-3-2-9-17-11-4-7-15/h16-19H,2-15H2,1H3. The van der Waals surface area contributed by atoms with E-state index in [0.29, 0.717) is 0 Å². The highest BCUT2D eigenvalue weighted by Gasteiger charge is 1.91. The summed E-state index contributed by atoms with van der Waals surface area (Å²) in [4.78, 5) is 0. The van der Waals surface area contributed by atoms with Crippen LogP contribution in [0.4, 0.5) is 0 Å². The van der Waals surface area contributed by atoms with E-state index in [1.807, 2.05) is 7.05 Å². The highest BCUT2D eigenvalue weighted by atomic mass is 14.9. The van der Waals surface area contributed by atoms with Crippen molar-refractivity contribution >= 4 is 0 Å². The molecule has 5 heteroatoms. The van der Waals surface area contributed by atoms with E-state index < -0.39 is 0 Å². The lowest BCUT2D eigenvalue weighted by atomic mass is 10.3. The summed E-state index contributed by atoms with van der Waals surface area (Å²) in [6.07, 6.45) is 6.01. The second-order valence-electron chi connectivity index (χ2n) is 4.91. The van der Waals surface area contributed by atoms with Gasteiger partial charge in [-0.1, -0.05) is 0 Å². The molecule has 0 aromatic rings. The van der Waals surface area contributed by atoms with Crippen molar-refractivity contribution in [2.24, 2.45) is 5.73 Å². The molecule has 0 aromatic heterocycles. The molecule has 0 aromatic carbocycles. The van der Waals surface area contributed by atoms with E-state index in [9.17, 15) is 0 Å². The van der Waals surface area contributed by atoms with Gasteiger partial charge < -0.3 is 27.0 Å². The predicted molar refractivity (Wildman–Crippen MR) is 84.7 cm³/mol. The van der Waals surface area contributed by atoms with Gasteiger partial charge in [-0.15, -0.1) is 0 Å². The number of hydrogen-bond acceptors (Lipinski definition) is 5. The first-order valence-electron chi connectivity index (χ1n) is 7.88. The summed E-state index contributed by atoms with van der Waals surface area (Å²) in [5, 5.41) is 13.5. The van der Waals surface area contributed by atoms with E-state index in [2.05, 4.69) is 21.3 Å². The first-order chi connectivity index (χ1) is 9.41. The van der Waals surface area contributed by atoms with Crippen LogP contribution in [0.1, 0.15) is 32.1 Å². The Morgan fingerprint density at radius 2 is 1.00 bits per heavy atom. The zero-order valence-electron chi connectivity index (χ0n) is 12.8. The van der Waals surface area contributed by atoms with E-state index in [-0.39, 0.29) is 0 Å². The molecule has 19 heavy (non-hydrogen) atoms. The van der Waals surface area contributed by atoms with Gasteiger partial charge >= 0.3 is 0 Å². The third-order valence-electron chi connectivity index (χ3n) is 3.00. The monoisotopic (exact) mass is 273 g/mol. The normalized spacial score (nSPS) is 11.1. The number of hydrogen-bond donors (Lipinski definition) is 5. The lowest BCUT2D eigenvalue weighted by molar-refractivity contribution is 0.550. The van der Waals surface area contributed by atoms with Crippen molar-refractivity contribution in [3.05, 3.63) is 0 Å². The fraction of sp³-hybridized carbons (Fsp3) is 1.00. The van der Waals surface area contributed by atoms with Crippen LogP contribution in [0.3, 0.4) is 0 Å². The molecule has 0 rings (SSSR count). The van der Waals surface area contributed by atoms with Crippen molar-refractivity contribution in [1.82, 2.24) is 21.3 Å². The summed E-state index contributed by atoms with van der Waals surface area (Å²) in [7, 11) is 2.00. The summed E-state index contributed by atoms with van der Waals surface area (Å²) >= 11 is 0. The number of rotatable bonds is 16. The minimum atomic E-state index is 0.789. The summed E-state index contributed by atoms with van der Waals surface area (Å²) in [5.41, 5.74) is 5.42. The van der Waals surface area contributed by atoms with Gasteiger partial charge in [0.25, 0.3) is 0 Å². The lowest BCUT2D eigenvalue weighted by Gasteiger charge is -2.07. The zero-order chi connectivity index (χ0) is 14.0. The molecule has 0 fully saturated rings. The van der Waals surface area contributed by atoms with Crippen molar-refractivity contribution in [2.45, 2.75) is 32.1 Å². The summed E-state index contributed by atoms with van der Waals surface area (Å²) in [6, 6.07) is 0. The Kier molecular flexibility index (Phi) is 17.6. The van der Waals surface area contributed by atoms with Crippen LogP contribution in [-0.2, 0) is 0 Å². The third kappa shape index (κ3) is 17.8. The Morgan fingerprint density at radius 1 is 0.579 bits per heavy atom. The molecule has 0 heterocycles. The highest BCUT2D eigenvalue weighted by molar-refractivity contribution is 4.55. The molecule has 0 radical (unpaired) electrons. The molecule has 0 saturated heterocycles. The van der Waals surface area contributed by atoms with Gasteiger partial charge in [-0.3, -0.25) is 0 Å². The summed E-state index contributed by atoms with van der Waals surface area (Å²) < 4.78 is 0. The quantitative estimate of drug-likeness (QED) is 0.254. The molecular weight excluding hydrogens is 238 g/mol. The fourth-order valence-electron chi connectivity index (χ4n) is 1.83. The van der Waals surface area contributed by atoms with Gasteiger partial charge in [-0.2, -0.15) is 0 Å². The van der Waals surface area contributed by atoms with Crippen molar-refractivity contribution in [2.75, 3.05) is 59.4 Å². The van der Waals surface area contributed by atoms with Crippen LogP contribution in [0.25, 0.3) is 0 Å².